The number of hydrogen-bond donors (Lipinski definition) is 1. The molecule has 2 aromatic carbocycles. The van der Waals surface area contributed by atoms with E-state index in [1.165, 1.54) is 24.2 Å². The molecule has 1 aliphatic rings. The molecule has 184 valence electrons. The van der Waals surface area contributed by atoms with Crippen molar-refractivity contribution in [3.63, 3.8) is 0 Å². The van der Waals surface area contributed by atoms with Gasteiger partial charge in [0.25, 0.3) is 0 Å². The highest BCUT2D eigenvalue weighted by atomic mass is 35.5. The first-order valence-electron chi connectivity index (χ1n) is 11.6. The molecule has 8 heteroatoms. The van der Waals surface area contributed by atoms with Crippen LogP contribution in [0, 0.1) is 5.82 Å². The predicted octanol–water partition coefficient (Wildman–Crippen LogP) is 5.59. The molecule has 1 aliphatic carbocycles. The summed E-state index contributed by atoms with van der Waals surface area (Å²) in [5.41, 5.74) is 1.25. The van der Waals surface area contributed by atoms with E-state index in [-0.39, 0.29) is 41.7 Å². The summed E-state index contributed by atoms with van der Waals surface area (Å²) in [6, 6.07) is 11.5. The Morgan fingerprint density at radius 2 is 1.94 bits per heavy atom. The molecule has 0 heterocycles. The van der Waals surface area contributed by atoms with E-state index < -0.39 is 6.04 Å². The molecule has 2 amide bonds. The number of thioether (sulfide) groups is 1. The van der Waals surface area contributed by atoms with Crippen molar-refractivity contribution in [1.82, 2.24) is 10.2 Å². The quantitative estimate of drug-likeness (QED) is 0.456. The number of carbonyl (C=O) groups is 2. The van der Waals surface area contributed by atoms with Crippen LogP contribution in [0.4, 0.5) is 4.39 Å². The molecule has 0 aromatic heterocycles. The summed E-state index contributed by atoms with van der Waals surface area (Å²) < 4.78 is 19.4. The topological polar surface area (TPSA) is 58.6 Å². The number of rotatable bonds is 10. The third kappa shape index (κ3) is 7.37. The highest BCUT2D eigenvalue weighted by Crippen LogP contribution is 2.25. The lowest BCUT2D eigenvalue weighted by Gasteiger charge is -2.31. The number of carbonyl (C=O) groups excluding carboxylic acids is 2. The highest BCUT2D eigenvalue weighted by molar-refractivity contribution is 7.99. The van der Waals surface area contributed by atoms with Gasteiger partial charge in [0.15, 0.2) is 0 Å². The van der Waals surface area contributed by atoms with E-state index in [4.69, 9.17) is 16.3 Å². The Labute approximate surface area is 210 Å². The number of nitrogens with zero attached hydrogens (tertiary/aromatic N) is 1. The summed E-state index contributed by atoms with van der Waals surface area (Å²) in [6.45, 7) is 2.03. The van der Waals surface area contributed by atoms with Crippen LogP contribution in [0.15, 0.2) is 42.5 Å². The fourth-order valence-electron chi connectivity index (χ4n) is 4.11. The SMILES string of the molecule is COc1cccc(CN(C(=O)CSCc2c(F)cccc2Cl)C(C)C(=O)NC2CCCCC2)c1. The molecule has 1 N–H and O–H groups in total. The van der Waals surface area contributed by atoms with Crippen LogP contribution in [-0.2, 0) is 21.9 Å². The van der Waals surface area contributed by atoms with E-state index >= 15 is 0 Å². The molecule has 2 aromatic rings. The van der Waals surface area contributed by atoms with E-state index in [0.29, 0.717) is 16.3 Å². The Hall–Kier alpha value is -2.25. The molecule has 1 fully saturated rings. The third-order valence-corrected chi connectivity index (χ3v) is 7.44. The summed E-state index contributed by atoms with van der Waals surface area (Å²) in [5, 5.41) is 3.47. The number of benzene rings is 2. The number of amides is 2. The largest absolute Gasteiger partial charge is 0.497 e. The van der Waals surface area contributed by atoms with Crippen LogP contribution < -0.4 is 10.1 Å². The van der Waals surface area contributed by atoms with Gasteiger partial charge in [0.2, 0.25) is 11.8 Å². The summed E-state index contributed by atoms with van der Waals surface area (Å²) in [5.74, 6) is 0.341. The fraction of sp³-hybridized carbons (Fsp3) is 0.462. The second-order valence-electron chi connectivity index (χ2n) is 8.59. The Morgan fingerprint density at radius 3 is 2.65 bits per heavy atom. The number of halogens is 2. The van der Waals surface area contributed by atoms with Gasteiger partial charge in [-0.05, 0) is 49.6 Å². The maximum atomic E-state index is 14.1. The lowest BCUT2D eigenvalue weighted by Crippen LogP contribution is -2.50. The molecular weight excluding hydrogens is 475 g/mol. The van der Waals surface area contributed by atoms with E-state index in [9.17, 15) is 14.0 Å². The Balaban J connectivity index is 1.70. The van der Waals surface area contributed by atoms with Gasteiger partial charge in [-0.1, -0.05) is 49.1 Å². The first-order valence-corrected chi connectivity index (χ1v) is 13.2. The first kappa shape index (κ1) is 26.4. The third-order valence-electron chi connectivity index (χ3n) is 6.14. The predicted molar refractivity (Wildman–Crippen MR) is 136 cm³/mol. The van der Waals surface area contributed by atoms with Crippen molar-refractivity contribution in [2.45, 2.75) is 63.4 Å². The molecule has 1 unspecified atom stereocenters. The monoisotopic (exact) mass is 506 g/mol. The molecule has 0 saturated heterocycles. The van der Waals surface area contributed by atoms with Crippen molar-refractivity contribution >= 4 is 35.2 Å². The van der Waals surface area contributed by atoms with Gasteiger partial charge in [-0.25, -0.2) is 4.39 Å². The van der Waals surface area contributed by atoms with Gasteiger partial charge in [-0.3, -0.25) is 9.59 Å². The zero-order valence-corrected chi connectivity index (χ0v) is 21.3. The standard InChI is InChI=1S/C26H32ClFN2O3S/c1-18(26(32)29-20-9-4-3-5-10-20)30(15-19-8-6-11-21(14-19)33-2)25(31)17-34-16-22-23(27)12-7-13-24(22)28/h6-8,11-14,18,20H,3-5,9-10,15-17H2,1-2H3,(H,29,32). The second-order valence-corrected chi connectivity index (χ2v) is 9.98. The summed E-state index contributed by atoms with van der Waals surface area (Å²) >= 11 is 7.40. The van der Waals surface area contributed by atoms with E-state index in [1.807, 2.05) is 24.3 Å². The number of nitrogens with one attached hydrogen (secondary N) is 1. The van der Waals surface area contributed by atoms with Gasteiger partial charge in [-0.15, -0.1) is 11.8 Å². The van der Waals surface area contributed by atoms with Crippen LogP contribution >= 0.6 is 23.4 Å². The van der Waals surface area contributed by atoms with Crippen molar-refractivity contribution in [2.75, 3.05) is 12.9 Å². The molecule has 1 atom stereocenters. The van der Waals surface area contributed by atoms with Crippen LogP contribution in [0.25, 0.3) is 0 Å². The number of ether oxygens (including phenoxy) is 1. The van der Waals surface area contributed by atoms with Crippen molar-refractivity contribution in [3.8, 4) is 5.75 Å². The van der Waals surface area contributed by atoms with E-state index in [1.54, 1.807) is 31.1 Å². The molecule has 5 nitrogen and oxygen atoms in total. The second kappa shape index (κ2) is 13.0. The smallest absolute Gasteiger partial charge is 0.242 e. The molecule has 0 spiro atoms. The van der Waals surface area contributed by atoms with Crippen LogP contribution in [0.3, 0.4) is 0 Å². The Bertz CT molecular complexity index is 964. The fourth-order valence-corrected chi connectivity index (χ4v) is 5.36. The average Bonchev–Trinajstić information content (AvgIpc) is 2.84. The Morgan fingerprint density at radius 1 is 1.21 bits per heavy atom. The number of methoxy groups -OCH3 is 1. The van der Waals surface area contributed by atoms with Crippen molar-refractivity contribution < 1.29 is 18.7 Å². The van der Waals surface area contributed by atoms with Crippen LogP contribution in [-0.4, -0.2) is 41.7 Å². The highest BCUT2D eigenvalue weighted by Gasteiger charge is 2.28. The van der Waals surface area contributed by atoms with Gasteiger partial charge in [0, 0.05) is 28.9 Å². The lowest BCUT2D eigenvalue weighted by atomic mass is 9.95. The maximum Gasteiger partial charge on any atom is 0.242 e. The Kier molecular flexibility index (Phi) is 10.1. The van der Waals surface area contributed by atoms with Crippen LogP contribution in [0.5, 0.6) is 5.75 Å². The molecular formula is C26H32ClFN2O3S. The molecule has 1 saturated carbocycles. The molecule has 0 radical (unpaired) electrons. The molecule has 0 bridgehead atoms. The van der Waals surface area contributed by atoms with Gasteiger partial charge >= 0.3 is 0 Å². The minimum absolute atomic E-state index is 0.107. The van der Waals surface area contributed by atoms with E-state index in [2.05, 4.69) is 5.32 Å². The van der Waals surface area contributed by atoms with Gasteiger partial charge in [0.05, 0.1) is 12.9 Å². The van der Waals surface area contributed by atoms with Gasteiger partial charge in [-0.2, -0.15) is 0 Å². The molecule has 3 rings (SSSR count). The first-order chi connectivity index (χ1) is 16.4. The zero-order valence-electron chi connectivity index (χ0n) is 19.7. The number of hydrogen-bond acceptors (Lipinski definition) is 4. The maximum absolute atomic E-state index is 14.1. The average molecular weight is 507 g/mol. The van der Waals surface area contributed by atoms with Crippen molar-refractivity contribution in [2.24, 2.45) is 0 Å². The summed E-state index contributed by atoms with van der Waals surface area (Å²) in [6.07, 6.45) is 5.37. The zero-order chi connectivity index (χ0) is 24.5. The molecule has 0 aliphatic heterocycles. The van der Waals surface area contributed by atoms with Crippen molar-refractivity contribution in [3.05, 3.63) is 64.4 Å². The minimum Gasteiger partial charge on any atom is -0.497 e. The normalized spacial score (nSPS) is 14.9. The summed E-state index contributed by atoms with van der Waals surface area (Å²) in [7, 11) is 1.59. The minimum atomic E-state index is -0.640. The van der Waals surface area contributed by atoms with Gasteiger partial charge < -0.3 is 15.0 Å². The molecule has 34 heavy (non-hydrogen) atoms. The van der Waals surface area contributed by atoms with Gasteiger partial charge in [0.1, 0.15) is 17.6 Å². The van der Waals surface area contributed by atoms with Crippen LogP contribution in [0.1, 0.15) is 50.2 Å². The van der Waals surface area contributed by atoms with Crippen LogP contribution in [0.2, 0.25) is 5.02 Å². The van der Waals surface area contributed by atoms with Crippen molar-refractivity contribution in [1.29, 1.82) is 0 Å². The lowest BCUT2D eigenvalue weighted by molar-refractivity contribution is -0.139. The summed E-state index contributed by atoms with van der Waals surface area (Å²) in [4.78, 5) is 27.9. The van der Waals surface area contributed by atoms with E-state index in [0.717, 1.165) is 31.2 Å².